The van der Waals surface area contributed by atoms with Gasteiger partial charge in [0.25, 0.3) is 5.56 Å². The molecule has 2 aromatic heterocycles. The first-order valence-corrected chi connectivity index (χ1v) is 8.56. The summed E-state index contributed by atoms with van der Waals surface area (Å²) in [6.07, 6.45) is -1.14. The minimum Gasteiger partial charge on any atom is -0.394 e. The summed E-state index contributed by atoms with van der Waals surface area (Å²) in [5.74, 6) is 0. The van der Waals surface area contributed by atoms with Gasteiger partial charge in [0.2, 0.25) is 0 Å². The lowest BCUT2D eigenvalue weighted by Crippen LogP contribution is -2.48. The number of para-hydroxylation sites is 1. The Hall–Kier alpha value is -2.82. The van der Waals surface area contributed by atoms with Crippen LogP contribution in [0.5, 0.6) is 0 Å². The SMILES string of the molecule is Cc1cn([C@H]2C[C@@H](n3nnc4ccccc43)[C@H](O)[C@@H](CO)O2)c(=O)[nH]c1=O. The normalized spacial score (nSPS) is 25.7. The van der Waals surface area contributed by atoms with Crippen LogP contribution in [0.2, 0.25) is 0 Å². The highest BCUT2D eigenvalue weighted by Gasteiger charge is 2.40. The van der Waals surface area contributed by atoms with E-state index in [9.17, 15) is 19.8 Å². The second-order valence-electron chi connectivity index (χ2n) is 6.61. The molecule has 0 amide bonds. The lowest BCUT2D eigenvalue weighted by molar-refractivity contribution is -0.181. The van der Waals surface area contributed by atoms with Crippen LogP contribution in [0.25, 0.3) is 11.0 Å². The highest BCUT2D eigenvalue weighted by Crippen LogP contribution is 2.35. The van der Waals surface area contributed by atoms with Crippen molar-refractivity contribution >= 4 is 11.0 Å². The average molecular weight is 373 g/mol. The predicted octanol–water partition coefficient (Wildman–Crippen LogP) is -0.528. The molecule has 0 spiro atoms. The Morgan fingerprint density at radius 3 is 2.89 bits per heavy atom. The van der Waals surface area contributed by atoms with E-state index in [-0.39, 0.29) is 6.42 Å². The lowest BCUT2D eigenvalue weighted by Gasteiger charge is -2.39. The minimum absolute atomic E-state index is 0.205. The number of hydrogen-bond donors (Lipinski definition) is 3. The molecule has 10 heteroatoms. The fraction of sp³-hybridized carbons (Fsp3) is 0.412. The summed E-state index contributed by atoms with van der Waals surface area (Å²) in [5, 5.41) is 28.6. The molecule has 0 radical (unpaired) electrons. The van der Waals surface area contributed by atoms with Crippen LogP contribution in [0.15, 0.2) is 40.1 Å². The van der Waals surface area contributed by atoms with Crippen molar-refractivity contribution in [3.8, 4) is 0 Å². The Kier molecular flexibility index (Phi) is 4.38. The standard InChI is InChI=1S/C17H19N5O5/c1-9-7-21(17(26)18-16(9)25)14-6-12(15(24)13(8-23)27-14)22-11-5-3-2-4-10(11)19-20-22/h2-5,7,12-15,23-24H,6,8H2,1H3,(H,18,25,26)/t12-,13-,14-,15+/m1/s1. The van der Waals surface area contributed by atoms with Crippen molar-refractivity contribution < 1.29 is 14.9 Å². The van der Waals surface area contributed by atoms with Gasteiger partial charge in [-0.25, -0.2) is 9.48 Å². The fourth-order valence-corrected chi connectivity index (χ4v) is 3.44. The topological polar surface area (TPSA) is 135 Å². The monoisotopic (exact) mass is 373 g/mol. The first-order valence-electron chi connectivity index (χ1n) is 8.56. The Balaban J connectivity index is 1.77. The molecule has 3 heterocycles. The fourth-order valence-electron chi connectivity index (χ4n) is 3.44. The molecule has 4 atom stereocenters. The van der Waals surface area contributed by atoms with Crippen LogP contribution < -0.4 is 11.2 Å². The zero-order valence-electron chi connectivity index (χ0n) is 14.5. The first-order chi connectivity index (χ1) is 13.0. The number of rotatable bonds is 3. The predicted molar refractivity (Wildman–Crippen MR) is 94.2 cm³/mol. The van der Waals surface area contributed by atoms with Crippen LogP contribution in [-0.2, 0) is 4.74 Å². The molecule has 3 N–H and O–H groups in total. The molecule has 0 bridgehead atoms. The van der Waals surface area contributed by atoms with Crippen molar-refractivity contribution in [1.82, 2.24) is 24.5 Å². The maximum atomic E-state index is 12.2. The van der Waals surface area contributed by atoms with Crippen LogP contribution in [0.1, 0.15) is 24.3 Å². The van der Waals surface area contributed by atoms with Crippen LogP contribution in [0.3, 0.4) is 0 Å². The number of H-pyrrole nitrogens is 1. The van der Waals surface area contributed by atoms with Gasteiger partial charge in [0.15, 0.2) is 0 Å². The van der Waals surface area contributed by atoms with Gasteiger partial charge in [0.1, 0.15) is 24.0 Å². The third kappa shape index (κ3) is 2.97. The zero-order chi connectivity index (χ0) is 19.1. The number of nitrogens with one attached hydrogen (secondary N) is 1. The molecule has 0 unspecified atom stereocenters. The molecule has 142 valence electrons. The van der Waals surface area contributed by atoms with Crippen molar-refractivity contribution in [2.75, 3.05) is 6.61 Å². The quantitative estimate of drug-likeness (QED) is 0.562. The van der Waals surface area contributed by atoms with Gasteiger partial charge in [-0.15, -0.1) is 5.10 Å². The average Bonchev–Trinajstić information content (AvgIpc) is 3.09. The van der Waals surface area contributed by atoms with Crippen molar-refractivity contribution in [3.05, 3.63) is 56.9 Å². The van der Waals surface area contributed by atoms with Gasteiger partial charge in [-0.05, 0) is 19.1 Å². The van der Waals surface area contributed by atoms with E-state index in [0.717, 1.165) is 5.52 Å². The largest absolute Gasteiger partial charge is 0.394 e. The van der Waals surface area contributed by atoms with Crippen molar-refractivity contribution in [1.29, 1.82) is 0 Å². The summed E-state index contributed by atoms with van der Waals surface area (Å²) in [6.45, 7) is 1.15. The molecule has 1 aliphatic rings. The maximum Gasteiger partial charge on any atom is 0.330 e. The van der Waals surface area contributed by atoms with Crippen LogP contribution in [0, 0.1) is 6.92 Å². The summed E-state index contributed by atoms with van der Waals surface area (Å²) in [7, 11) is 0. The number of aromatic nitrogens is 5. The third-order valence-electron chi connectivity index (χ3n) is 4.88. The number of aliphatic hydroxyl groups is 2. The molecule has 4 rings (SSSR count). The summed E-state index contributed by atoms with van der Waals surface area (Å²) < 4.78 is 8.58. The highest BCUT2D eigenvalue weighted by atomic mass is 16.5. The number of aryl methyl sites for hydroxylation is 1. The van der Waals surface area contributed by atoms with E-state index in [2.05, 4.69) is 15.3 Å². The lowest BCUT2D eigenvalue weighted by atomic mass is 9.98. The highest BCUT2D eigenvalue weighted by molar-refractivity contribution is 5.74. The van der Waals surface area contributed by atoms with Crippen LogP contribution >= 0.6 is 0 Å². The van der Waals surface area contributed by atoms with Crippen molar-refractivity contribution in [3.63, 3.8) is 0 Å². The number of aliphatic hydroxyl groups excluding tert-OH is 2. The minimum atomic E-state index is -1.05. The second kappa shape index (κ2) is 6.72. The molecule has 10 nitrogen and oxygen atoms in total. The van der Waals surface area contributed by atoms with E-state index in [1.54, 1.807) is 17.7 Å². The number of aromatic amines is 1. The summed E-state index contributed by atoms with van der Waals surface area (Å²) >= 11 is 0. The van der Waals surface area contributed by atoms with Crippen LogP contribution in [0.4, 0.5) is 0 Å². The van der Waals surface area contributed by atoms with E-state index < -0.39 is 42.3 Å². The van der Waals surface area contributed by atoms with Gasteiger partial charge in [-0.1, -0.05) is 17.3 Å². The molecule has 1 saturated heterocycles. The molecular formula is C17H19N5O5. The smallest absolute Gasteiger partial charge is 0.330 e. The van der Waals surface area contributed by atoms with Gasteiger partial charge < -0.3 is 14.9 Å². The number of hydrogen-bond acceptors (Lipinski definition) is 7. The van der Waals surface area contributed by atoms with Crippen molar-refractivity contribution in [2.45, 2.75) is 37.8 Å². The molecule has 0 aliphatic carbocycles. The summed E-state index contributed by atoms with van der Waals surface area (Å²) in [5.41, 5.74) is 0.664. The van der Waals surface area contributed by atoms with Gasteiger partial charge >= 0.3 is 5.69 Å². The Morgan fingerprint density at radius 2 is 2.11 bits per heavy atom. The molecule has 1 aromatic carbocycles. The molecular weight excluding hydrogens is 354 g/mol. The number of ether oxygens (including phenoxy) is 1. The Bertz CT molecular complexity index is 1090. The second-order valence-corrected chi connectivity index (χ2v) is 6.61. The van der Waals surface area contributed by atoms with Crippen molar-refractivity contribution in [2.24, 2.45) is 0 Å². The number of benzene rings is 1. The van der Waals surface area contributed by atoms with Gasteiger partial charge in [0, 0.05) is 18.2 Å². The van der Waals surface area contributed by atoms with E-state index >= 15 is 0 Å². The van der Waals surface area contributed by atoms with Gasteiger partial charge in [-0.3, -0.25) is 14.3 Å². The first kappa shape index (κ1) is 17.6. The number of fused-ring (bicyclic) bond motifs is 1. The number of nitrogens with zero attached hydrogens (tertiary/aromatic N) is 4. The van der Waals surface area contributed by atoms with E-state index in [4.69, 9.17) is 4.74 Å². The van der Waals surface area contributed by atoms with Crippen LogP contribution in [-0.4, -0.2) is 53.6 Å². The summed E-state index contributed by atoms with van der Waals surface area (Å²) in [6, 6.07) is 6.74. The van der Waals surface area contributed by atoms with Gasteiger partial charge in [-0.2, -0.15) is 0 Å². The Morgan fingerprint density at radius 1 is 1.33 bits per heavy atom. The molecule has 0 saturated carbocycles. The Labute approximate surface area is 152 Å². The van der Waals surface area contributed by atoms with E-state index in [1.165, 1.54) is 10.8 Å². The maximum absolute atomic E-state index is 12.2. The molecule has 27 heavy (non-hydrogen) atoms. The molecule has 1 fully saturated rings. The third-order valence-corrected chi connectivity index (χ3v) is 4.88. The summed E-state index contributed by atoms with van der Waals surface area (Å²) in [4.78, 5) is 26.1. The van der Waals surface area contributed by atoms with E-state index in [0.29, 0.717) is 11.1 Å². The van der Waals surface area contributed by atoms with Gasteiger partial charge in [0.05, 0.1) is 18.2 Å². The molecule has 3 aromatic rings. The zero-order valence-corrected chi connectivity index (χ0v) is 14.5. The van der Waals surface area contributed by atoms with E-state index in [1.807, 2.05) is 18.2 Å². The molecule has 1 aliphatic heterocycles.